The number of nitriles is 1. The van der Waals surface area contributed by atoms with Gasteiger partial charge < -0.3 is 14.7 Å². The number of benzene rings is 1. The number of nitrogens with one attached hydrogen (secondary N) is 1. The maximum atomic E-state index is 12.2. The van der Waals surface area contributed by atoms with Crippen LogP contribution < -0.4 is 10.2 Å². The number of rotatable bonds is 6. The van der Waals surface area contributed by atoms with Crippen molar-refractivity contribution in [3.8, 4) is 6.19 Å². The highest BCUT2D eigenvalue weighted by atomic mass is 16.2. The summed E-state index contributed by atoms with van der Waals surface area (Å²) in [5.74, 6) is 1.47. The Hall–Kier alpha value is -3.71. The fourth-order valence-corrected chi connectivity index (χ4v) is 5.26. The molecule has 1 aromatic heterocycles. The molecule has 2 aliphatic heterocycles. The van der Waals surface area contributed by atoms with Gasteiger partial charge in [0.2, 0.25) is 5.96 Å². The summed E-state index contributed by atoms with van der Waals surface area (Å²) in [4.78, 5) is 34.5. The quantitative estimate of drug-likeness (QED) is 0.270. The van der Waals surface area contributed by atoms with Gasteiger partial charge in [0.05, 0.1) is 24.1 Å². The molecule has 38 heavy (non-hydrogen) atoms. The molecule has 1 aromatic carbocycles. The summed E-state index contributed by atoms with van der Waals surface area (Å²) in [5.41, 5.74) is 3.87. The minimum absolute atomic E-state index is 0.104. The minimum atomic E-state index is -0.168. The Labute approximate surface area is 226 Å². The summed E-state index contributed by atoms with van der Waals surface area (Å²) >= 11 is 0. The topological polar surface area (TPSA) is 104 Å². The first-order valence-electron chi connectivity index (χ1n) is 13.4. The third-order valence-electron chi connectivity index (χ3n) is 7.30. The molecule has 3 heterocycles. The highest BCUT2D eigenvalue weighted by Crippen LogP contribution is 2.29. The Morgan fingerprint density at radius 1 is 1.24 bits per heavy atom. The summed E-state index contributed by atoms with van der Waals surface area (Å²) < 4.78 is 0. The normalized spacial score (nSPS) is 18.2. The second kappa shape index (κ2) is 12.2. The third-order valence-corrected chi connectivity index (χ3v) is 7.30. The standard InChI is InChI=1S/C28H39N9O/c1-6-11-35-12-10-22-21(17-35)8-7-9-23(22)33-28(32-19-29)37-14-13-36(18-25(37)20(2)3)26-16-30-24(15-31-26)27(38)34(4)5/h7-9,15-16,20,25H,6,10-14,17-18H2,1-5H3,(H,32,33). The van der Waals surface area contributed by atoms with Gasteiger partial charge in [-0.25, -0.2) is 15.0 Å². The van der Waals surface area contributed by atoms with Crippen LogP contribution in [0.1, 0.15) is 48.8 Å². The molecule has 1 N–H and O–H groups in total. The molecule has 1 fully saturated rings. The number of carbonyl (C=O) groups excluding carboxylic acids is 1. The number of hydrogen-bond donors (Lipinski definition) is 1. The predicted molar refractivity (Wildman–Crippen MR) is 149 cm³/mol. The van der Waals surface area contributed by atoms with Gasteiger partial charge >= 0.3 is 0 Å². The van der Waals surface area contributed by atoms with Gasteiger partial charge in [-0.1, -0.05) is 32.9 Å². The van der Waals surface area contributed by atoms with Gasteiger partial charge in [-0.05, 0) is 42.5 Å². The molecular formula is C28H39N9O. The second-order valence-electron chi connectivity index (χ2n) is 10.5. The number of carbonyl (C=O) groups is 1. The molecule has 0 saturated carbocycles. The molecule has 0 radical (unpaired) electrons. The summed E-state index contributed by atoms with van der Waals surface area (Å²) in [6.07, 6.45) is 7.43. The molecule has 1 unspecified atom stereocenters. The number of amides is 1. The van der Waals surface area contributed by atoms with E-state index in [1.807, 2.05) is 0 Å². The number of fused-ring (bicyclic) bond motifs is 1. The van der Waals surface area contributed by atoms with E-state index in [1.165, 1.54) is 16.0 Å². The van der Waals surface area contributed by atoms with Crippen molar-refractivity contribution in [3.05, 3.63) is 47.4 Å². The van der Waals surface area contributed by atoms with E-state index in [0.717, 1.165) is 44.0 Å². The predicted octanol–water partition coefficient (Wildman–Crippen LogP) is 2.85. The Balaban J connectivity index is 1.57. The number of nitrogens with zero attached hydrogens (tertiary/aromatic N) is 8. The average Bonchev–Trinajstić information content (AvgIpc) is 2.92. The van der Waals surface area contributed by atoms with Crippen LogP contribution in [-0.2, 0) is 13.0 Å². The molecule has 4 rings (SSSR count). The molecule has 0 spiro atoms. The monoisotopic (exact) mass is 517 g/mol. The Morgan fingerprint density at radius 3 is 2.71 bits per heavy atom. The van der Waals surface area contributed by atoms with E-state index in [2.05, 4.69) is 75.1 Å². The number of piperazine rings is 1. The first-order chi connectivity index (χ1) is 18.3. The number of guanidine groups is 1. The molecule has 0 bridgehead atoms. The van der Waals surface area contributed by atoms with Gasteiger partial charge in [-0.3, -0.25) is 15.0 Å². The van der Waals surface area contributed by atoms with Crippen molar-refractivity contribution in [1.82, 2.24) is 30.0 Å². The first-order valence-corrected chi connectivity index (χ1v) is 13.4. The lowest BCUT2D eigenvalue weighted by molar-refractivity contribution is 0.0821. The average molecular weight is 518 g/mol. The van der Waals surface area contributed by atoms with Crippen molar-refractivity contribution in [2.45, 2.75) is 46.2 Å². The van der Waals surface area contributed by atoms with Crippen LogP contribution in [0.4, 0.5) is 11.5 Å². The van der Waals surface area contributed by atoms with Crippen molar-refractivity contribution in [1.29, 1.82) is 5.26 Å². The molecule has 1 amide bonds. The number of anilines is 1. The van der Waals surface area contributed by atoms with Crippen LogP contribution in [0.15, 0.2) is 35.6 Å². The van der Waals surface area contributed by atoms with Crippen LogP contribution in [0.25, 0.3) is 0 Å². The molecule has 1 saturated heterocycles. The van der Waals surface area contributed by atoms with Gasteiger partial charge in [-0.2, -0.15) is 5.26 Å². The van der Waals surface area contributed by atoms with Crippen LogP contribution in [0.5, 0.6) is 0 Å². The van der Waals surface area contributed by atoms with E-state index in [9.17, 15) is 10.1 Å². The summed E-state index contributed by atoms with van der Waals surface area (Å²) in [6, 6.07) is 6.42. The molecule has 10 heteroatoms. The van der Waals surface area contributed by atoms with Crippen LogP contribution in [-0.4, -0.2) is 89.4 Å². The lowest BCUT2D eigenvalue weighted by Gasteiger charge is -2.44. The molecule has 2 aromatic rings. The molecule has 202 valence electrons. The van der Waals surface area contributed by atoms with Crippen LogP contribution in [0, 0.1) is 17.4 Å². The number of hydrogen-bond acceptors (Lipinski definition) is 7. The second-order valence-corrected chi connectivity index (χ2v) is 10.5. The SMILES string of the molecule is CCCN1CCc2c(cccc2N=C(NC#N)N2CCN(c3cnc(C(=O)N(C)C)cn3)CC2C(C)C)C1. The van der Waals surface area contributed by atoms with E-state index < -0.39 is 0 Å². The van der Waals surface area contributed by atoms with E-state index >= 15 is 0 Å². The highest BCUT2D eigenvalue weighted by molar-refractivity contribution is 5.91. The molecule has 2 aliphatic rings. The molecule has 1 atom stereocenters. The van der Waals surface area contributed by atoms with Gasteiger partial charge in [-0.15, -0.1) is 0 Å². The van der Waals surface area contributed by atoms with Gasteiger partial charge in [0, 0.05) is 46.8 Å². The van der Waals surface area contributed by atoms with Crippen molar-refractivity contribution in [2.24, 2.45) is 10.9 Å². The Bertz CT molecular complexity index is 1190. The van der Waals surface area contributed by atoms with Crippen LogP contribution in [0.2, 0.25) is 0 Å². The lowest BCUT2D eigenvalue weighted by atomic mass is 9.97. The molecule has 0 aliphatic carbocycles. The number of aliphatic imine (C=N–C) groups is 1. The zero-order chi connectivity index (χ0) is 27.2. The summed E-state index contributed by atoms with van der Waals surface area (Å²) in [7, 11) is 3.40. The molecule has 10 nitrogen and oxygen atoms in total. The highest BCUT2D eigenvalue weighted by Gasteiger charge is 2.33. The molecular weight excluding hydrogens is 478 g/mol. The van der Waals surface area contributed by atoms with Crippen LogP contribution in [0.3, 0.4) is 0 Å². The van der Waals surface area contributed by atoms with E-state index in [-0.39, 0.29) is 11.9 Å². The lowest BCUT2D eigenvalue weighted by Crippen LogP contribution is -2.59. The zero-order valence-electron chi connectivity index (χ0n) is 23.2. The summed E-state index contributed by atoms with van der Waals surface area (Å²) in [6.45, 7) is 11.7. The zero-order valence-corrected chi connectivity index (χ0v) is 23.2. The van der Waals surface area contributed by atoms with E-state index in [0.29, 0.717) is 37.2 Å². The van der Waals surface area contributed by atoms with E-state index in [1.54, 1.807) is 26.5 Å². The fraction of sp³-hybridized carbons (Fsp3) is 0.536. The Kier molecular flexibility index (Phi) is 8.79. The van der Waals surface area contributed by atoms with Gasteiger partial charge in [0.1, 0.15) is 11.5 Å². The fourth-order valence-electron chi connectivity index (χ4n) is 5.26. The van der Waals surface area contributed by atoms with Gasteiger partial charge in [0.15, 0.2) is 6.19 Å². The Morgan fingerprint density at radius 2 is 2.05 bits per heavy atom. The van der Waals surface area contributed by atoms with Crippen LogP contribution >= 0.6 is 0 Å². The van der Waals surface area contributed by atoms with Crippen molar-refractivity contribution >= 4 is 23.4 Å². The summed E-state index contributed by atoms with van der Waals surface area (Å²) in [5, 5.41) is 12.5. The maximum absolute atomic E-state index is 12.2. The number of aromatic nitrogens is 2. The third kappa shape index (κ3) is 6.05. The van der Waals surface area contributed by atoms with Crippen molar-refractivity contribution in [2.75, 3.05) is 51.7 Å². The largest absolute Gasteiger partial charge is 0.351 e. The van der Waals surface area contributed by atoms with Crippen molar-refractivity contribution in [3.63, 3.8) is 0 Å². The smallest absolute Gasteiger partial charge is 0.273 e. The minimum Gasteiger partial charge on any atom is -0.351 e. The maximum Gasteiger partial charge on any atom is 0.273 e. The van der Waals surface area contributed by atoms with E-state index in [4.69, 9.17) is 4.99 Å². The van der Waals surface area contributed by atoms with Gasteiger partial charge in [0.25, 0.3) is 5.91 Å². The van der Waals surface area contributed by atoms with Crippen molar-refractivity contribution < 1.29 is 4.79 Å². The first kappa shape index (κ1) is 27.3.